The van der Waals surface area contributed by atoms with E-state index in [0.29, 0.717) is 5.56 Å². The summed E-state index contributed by atoms with van der Waals surface area (Å²) in [6.45, 7) is 0. The summed E-state index contributed by atoms with van der Waals surface area (Å²) in [5.41, 5.74) is 0.466. The molecule has 0 saturated heterocycles. The average Bonchev–Trinajstić information content (AvgIpc) is 2.19. The van der Waals surface area contributed by atoms with Gasteiger partial charge in [-0.3, -0.25) is 4.79 Å². The first-order chi connectivity index (χ1) is 6.74. The molecule has 1 aromatic rings. The number of carbonyl (C=O) groups is 2. The summed E-state index contributed by atoms with van der Waals surface area (Å²) >= 11 is 0. The molecule has 1 aromatic carbocycles. The molecule has 0 unspecified atom stereocenters. The molecule has 2 nitrogen and oxygen atoms in total. The van der Waals surface area contributed by atoms with Crippen molar-refractivity contribution in [1.82, 2.24) is 0 Å². The van der Waals surface area contributed by atoms with Crippen molar-refractivity contribution in [2.45, 2.75) is 12.8 Å². The zero-order chi connectivity index (χ0) is 10.4. The third-order valence-electron chi connectivity index (χ3n) is 1.76. The quantitative estimate of drug-likeness (QED) is 0.408. The molecule has 0 aromatic heterocycles. The number of halogens is 1. The first-order valence-corrected chi connectivity index (χ1v) is 4.28. The van der Waals surface area contributed by atoms with Crippen molar-refractivity contribution in [3.8, 4) is 0 Å². The highest BCUT2D eigenvalue weighted by atomic mass is 19.1. The van der Waals surface area contributed by atoms with Crippen molar-refractivity contribution >= 4 is 12.1 Å². The summed E-state index contributed by atoms with van der Waals surface area (Å²) in [4.78, 5) is 21.3. The van der Waals surface area contributed by atoms with E-state index >= 15 is 0 Å². The van der Waals surface area contributed by atoms with E-state index in [-0.39, 0.29) is 24.4 Å². The molecule has 0 aliphatic carbocycles. The predicted octanol–water partition coefficient (Wildman–Crippen LogP) is 2.19. The first kappa shape index (κ1) is 10.6. The van der Waals surface area contributed by atoms with E-state index in [9.17, 15) is 14.0 Å². The standard InChI is InChI=1S/C11H10FO2/c12-10-6-4-9(5-7-10)11(14)3-1-2-8-13/h1,4-8H,2-3H2. The second kappa shape index (κ2) is 5.27. The Morgan fingerprint density at radius 2 is 1.93 bits per heavy atom. The van der Waals surface area contributed by atoms with Gasteiger partial charge in [0.05, 0.1) is 0 Å². The van der Waals surface area contributed by atoms with Crippen molar-refractivity contribution in [3.05, 3.63) is 42.1 Å². The van der Waals surface area contributed by atoms with Crippen LogP contribution in [0.1, 0.15) is 23.2 Å². The van der Waals surface area contributed by atoms with E-state index < -0.39 is 0 Å². The fourth-order valence-corrected chi connectivity index (χ4v) is 1.04. The summed E-state index contributed by atoms with van der Waals surface area (Å²) < 4.78 is 12.5. The van der Waals surface area contributed by atoms with Gasteiger partial charge in [0.15, 0.2) is 5.78 Å². The van der Waals surface area contributed by atoms with Crippen LogP contribution in [-0.2, 0) is 4.79 Å². The van der Waals surface area contributed by atoms with Crippen LogP contribution in [0.2, 0.25) is 0 Å². The zero-order valence-electron chi connectivity index (χ0n) is 7.57. The zero-order valence-corrected chi connectivity index (χ0v) is 7.57. The maximum Gasteiger partial charge on any atom is 0.163 e. The molecular weight excluding hydrogens is 183 g/mol. The van der Waals surface area contributed by atoms with Crippen molar-refractivity contribution in [2.75, 3.05) is 0 Å². The molecule has 0 bridgehead atoms. The Balaban J connectivity index is 2.52. The third kappa shape index (κ3) is 3.09. The Morgan fingerprint density at radius 1 is 1.29 bits per heavy atom. The van der Waals surface area contributed by atoms with Crippen LogP contribution in [0.3, 0.4) is 0 Å². The van der Waals surface area contributed by atoms with Crippen molar-refractivity contribution in [1.29, 1.82) is 0 Å². The van der Waals surface area contributed by atoms with Gasteiger partial charge in [-0.25, -0.2) is 4.39 Å². The van der Waals surface area contributed by atoms with Crippen LogP contribution in [0.5, 0.6) is 0 Å². The summed E-state index contributed by atoms with van der Waals surface area (Å²) in [6, 6.07) is 5.36. The van der Waals surface area contributed by atoms with E-state index in [1.54, 1.807) is 6.42 Å². The van der Waals surface area contributed by atoms with Gasteiger partial charge in [0.1, 0.15) is 12.1 Å². The van der Waals surface area contributed by atoms with Crippen molar-refractivity contribution in [2.24, 2.45) is 0 Å². The molecule has 0 spiro atoms. The van der Waals surface area contributed by atoms with Gasteiger partial charge in [-0.1, -0.05) is 0 Å². The lowest BCUT2D eigenvalue weighted by molar-refractivity contribution is -0.107. The normalized spacial score (nSPS) is 9.79. The number of rotatable bonds is 5. The Bertz CT molecular complexity index is 317. The monoisotopic (exact) mass is 193 g/mol. The maximum absolute atomic E-state index is 12.5. The van der Waals surface area contributed by atoms with Gasteiger partial charge in [0.25, 0.3) is 0 Å². The number of aldehydes is 1. The van der Waals surface area contributed by atoms with Crippen LogP contribution in [0.4, 0.5) is 4.39 Å². The Labute approximate surface area is 81.7 Å². The van der Waals surface area contributed by atoms with E-state index in [1.165, 1.54) is 24.3 Å². The number of carbonyl (C=O) groups excluding carboxylic acids is 2. The molecule has 0 aliphatic heterocycles. The van der Waals surface area contributed by atoms with Gasteiger partial charge in [0, 0.05) is 18.4 Å². The minimum absolute atomic E-state index is 0.105. The second-order valence-electron chi connectivity index (χ2n) is 2.83. The summed E-state index contributed by atoms with van der Waals surface area (Å²) in [5, 5.41) is 0. The SMILES string of the molecule is O=CC[CH]CC(=O)c1ccc(F)cc1. The van der Waals surface area contributed by atoms with Crippen LogP contribution in [-0.4, -0.2) is 12.1 Å². The van der Waals surface area contributed by atoms with Crippen LogP contribution in [0.15, 0.2) is 24.3 Å². The van der Waals surface area contributed by atoms with Gasteiger partial charge < -0.3 is 4.79 Å². The molecule has 0 fully saturated rings. The lowest BCUT2D eigenvalue weighted by atomic mass is 10.1. The van der Waals surface area contributed by atoms with Crippen LogP contribution in [0.25, 0.3) is 0 Å². The second-order valence-corrected chi connectivity index (χ2v) is 2.83. The average molecular weight is 193 g/mol. The largest absolute Gasteiger partial charge is 0.303 e. The summed E-state index contributed by atoms with van der Waals surface area (Å²) in [6.07, 6.45) is 2.81. The highest BCUT2D eigenvalue weighted by Gasteiger charge is 2.04. The maximum atomic E-state index is 12.5. The number of hydrogen-bond donors (Lipinski definition) is 0. The van der Waals surface area contributed by atoms with E-state index in [0.717, 1.165) is 6.29 Å². The van der Waals surface area contributed by atoms with Crippen LogP contribution < -0.4 is 0 Å². The molecular formula is C11H10FO2. The fourth-order valence-electron chi connectivity index (χ4n) is 1.04. The fraction of sp³-hybridized carbons (Fsp3) is 0.182. The molecule has 0 atom stereocenters. The molecule has 0 amide bonds. The van der Waals surface area contributed by atoms with Crippen LogP contribution in [0, 0.1) is 12.2 Å². The topological polar surface area (TPSA) is 34.1 Å². The van der Waals surface area contributed by atoms with Gasteiger partial charge in [0.2, 0.25) is 0 Å². The number of hydrogen-bond acceptors (Lipinski definition) is 2. The molecule has 14 heavy (non-hydrogen) atoms. The van der Waals surface area contributed by atoms with Crippen LogP contribution >= 0.6 is 0 Å². The van der Waals surface area contributed by atoms with E-state index in [1.807, 2.05) is 0 Å². The smallest absolute Gasteiger partial charge is 0.163 e. The molecule has 0 heterocycles. The van der Waals surface area contributed by atoms with Gasteiger partial charge in [-0.05, 0) is 30.7 Å². The molecule has 1 rings (SSSR count). The number of unbranched alkanes of at least 4 members (excludes halogenated alkanes) is 1. The molecule has 0 aliphatic rings. The predicted molar refractivity (Wildman–Crippen MR) is 50.3 cm³/mol. The minimum atomic E-state index is -0.363. The van der Waals surface area contributed by atoms with E-state index in [2.05, 4.69) is 0 Å². The summed E-state index contributed by atoms with van der Waals surface area (Å²) in [5.74, 6) is -0.467. The lowest BCUT2D eigenvalue weighted by Gasteiger charge is -1.98. The number of Topliss-reactive ketones (excluding diaryl/α,β-unsaturated/α-hetero) is 1. The molecule has 1 radical (unpaired) electrons. The van der Waals surface area contributed by atoms with Crippen molar-refractivity contribution in [3.63, 3.8) is 0 Å². The highest BCUT2D eigenvalue weighted by Crippen LogP contribution is 2.07. The Hall–Kier alpha value is -1.51. The highest BCUT2D eigenvalue weighted by molar-refractivity contribution is 5.96. The number of benzene rings is 1. The third-order valence-corrected chi connectivity index (χ3v) is 1.76. The first-order valence-electron chi connectivity index (χ1n) is 4.28. The number of ketones is 1. The molecule has 3 heteroatoms. The molecule has 73 valence electrons. The van der Waals surface area contributed by atoms with E-state index in [4.69, 9.17) is 0 Å². The molecule has 0 saturated carbocycles. The summed E-state index contributed by atoms with van der Waals surface area (Å²) in [7, 11) is 0. The molecule has 0 N–H and O–H groups in total. The van der Waals surface area contributed by atoms with Gasteiger partial charge >= 0.3 is 0 Å². The van der Waals surface area contributed by atoms with Gasteiger partial charge in [-0.15, -0.1) is 0 Å². The Morgan fingerprint density at radius 3 is 2.50 bits per heavy atom. The Kier molecular flexibility index (Phi) is 3.98. The van der Waals surface area contributed by atoms with Gasteiger partial charge in [-0.2, -0.15) is 0 Å². The lowest BCUT2D eigenvalue weighted by Crippen LogP contribution is -1.99. The minimum Gasteiger partial charge on any atom is -0.303 e. The van der Waals surface area contributed by atoms with Crippen molar-refractivity contribution < 1.29 is 14.0 Å².